The molecule has 2 heterocycles. The van der Waals surface area contributed by atoms with Crippen LogP contribution in [0.25, 0.3) is 33.1 Å². The van der Waals surface area contributed by atoms with Gasteiger partial charge in [-0.1, -0.05) is 42.5 Å². The number of aromatic amines is 1. The third kappa shape index (κ3) is 1.69. The molecular weight excluding hydrogens is 244 g/mol. The standard InChI is InChI=1S/C18H14N2/c1-12-9-16-15-8-7-14(13-5-3-2-4-6-13)10-17(15)20-18(16)19-11-12/h2-11H,1H3,(H,19,20). The molecule has 96 valence electrons. The first-order valence-electron chi connectivity index (χ1n) is 6.75. The van der Waals surface area contributed by atoms with Gasteiger partial charge in [-0.3, -0.25) is 0 Å². The molecule has 4 rings (SSSR count). The zero-order chi connectivity index (χ0) is 13.5. The van der Waals surface area contributed by atoms with Gasteiger partial charge < -0.3 is 4.98 Å². The molecule has 0 unspecified atom stereocenters. The number of nitrogens with one attached hydrogen (secondary N) is 1. The minimum Gasteiger partial charge on any atom is -0.339 e. The van der Waals surface area contributed by atoms with Crippen LogP contribution < -0.4 is 0 Å². The number of hydrogen-bond donors (Lipinski definition) is 1. The highest BCUT2D eigenvalue weighted by molar-refractivity contribution is 6.07. The molecule has 0 radical (unpaired) electrons. The molecule has 2 heteroatoms. The van der Waals surface area contributed by atoms with Crippen LogP contribution >= 0.6 is 0 Å². The first kappa shape index (κ1) is 11.2. The molecule has 0 spiro atoms. The highest BCUT2D eigenvalue weighted by Crippen LogP contribution is 2.29. The van der Waals surface area contributed by atoms with Gasteiger partial charge >= 0.3 is 0 Å². The molecule has 2 aromatic heterocycles. The Balaban J connectivity index is 1.98. The van der Waals surface area contributed by atoms with Gasteiger partial charge in [0.25, 0.3) is 0 Å². The van der Waals surface area contributed by atoms with E-state index in [1.54, 1.807) is 0 Å². The minimum absolute atomic E-state index is 0.954. The van der Waals surface area contributed by atoms with Crippen molar-refractivity contribution in [2.24, 2.45) is 0 Å². The molecule has 0 saturated carbocycles. The third-order valence-corrected chi connectivity index (χ3v) is 3.69. The van der Waals surface area contributed by atoms with Crippen molar-refractivity contribution in [2.45, 2.75) is 6.92 Å². The maximum absolute atomic E-state index is 4.46. The molecule has 0 amide bonds. The van der Waals surface area contributed by atoms with E-state index in [-0.39, 0.29) is 0 Å². The zero-order valence-corrected chi connectivity index (χ0v) is 11.2. The number of fused-ring (bicyclic) bond motifs is 3. The summed E-state index contributed by atoms with van der Waals surface area (Å²) in [7, 11) is 0. The van der Waals surface area contributed by atoms with E-state index < -0.39 is 0 Å². The molecule has 0 bridgehead atoms. The first-order chi connectivity index (χ1) is 9.81. The molecule has 0 aliphatic carbocycles. The van der Waals surface area contributed by atoms with E-state index in [9.17, 15) is 0 Å². The highest BCUT2D eigenvalue weighted by atomic mass is 14.8. The van der Waals surface area contributed by atoms with Crippen molar-refractivity contribution < 1.29 is 0 Å². The van der Waals surface area contributed by atoms with Gasteiger partial charge in [0.05, 0.1) is 0 Å². The van der Waals surface area contributed by atoms with Crippen molar-refractivity contribution in [3.05, 3.63) is 66.4 Å². The normalized spacial score (nSPS) is 11.2. The number of aromatic nitrogens is 2. The average molecular weight is 258 g/mol. The van der Waals surface area contributed by atoms with Crippen LogP contribution in [0.5, 0.6) is 0 Å². The number of pyridine rings is 1. The smallest absolute Gasteiger partial charge is 0.138 e. The van der Waals surface area contributed by atoms with Gasteiger partial charge in [0.15, 0.2) is 0 Å². The van der Waals surface area contributed by atoms with Crippen molar-refractivity contribution in [3.63, 3.8) is 0 Å². The summed E-state index contributed by atoms with van der Waals surface area (Å²) < 4.78 is 0. The molecule has 4 aromatic rings. The Morgan fingerprint density at radius 2 is 1.70 bits per heavy atom. The Hall–Kier alpha value is -2.61. The Morgan fingerprint density at radius 3 is 2.55 bits per heavy atom. The Kier molecular flexibility index (Phi) is 2.36. The summed E-state index contributed by atoms with van der Waals surface area (Å²) in [5.74, 6) is 0. The minimum atomic E-state index is 0.954. The maximum atomic E-state index is 4.46. The van der Waals surface area contributed by atoms with E-state index in [1.807, 2.05) is 12.3 Å². The van der Waals surface area contributed by atoms with Crippen molar-refractivity contribution in [3.8, 4) is 11.1 Å². The average Bonchev–Trinajstić information content (AvgIpc) is 2.85. The monoisotopic (exact) mass is 258 g/mol. The van der Waals surface area contributed by atoms with Crippen LogP contribution in [-0.2, 0) is 0 Å². The van der Waals surface area contributed by atoms with Gasteiger partial charge in [0, 0.05) is 22.5 Å². The molecule has 1 N–H and O–H groups in total. The topological polar surface area (TPSA) is 28.7 Å². The highest BCUT2D eigenvalue weighted by Gasteiger charge is 2.06. The lowest BCUT2D eigenvalue weighted by Gasteiger charge is -2.01. The van der Waals surface area contributed by atoms with Crippen LogP contribution in [0.3, 0.4) is 0 Å². The quantitative estimate of drug-likeness (QED) is 0.527. The number of H-pyrrole nitrogens is 1. The second-order valence-corrected chi connectivity index (χ2v) is 5.16. The van der Waals surface area contributed by atoms with Crippen molar-refractivity contribution in [1.82, 2.24) is 9.97 Å². The number of hydrogen-bond acceptors (Lipinski definition) is 1. The zero-order valence-electron chi connectivity index (χ0n) is 11.2. The summed E-state index contributed by atoms with van der Waals surface area (Å²) in [6, 6.07) is 19.2. The van der Waals surface area contributed by atoms with Crippen LogP contribution in [0.4, 0.5) is 0 Å². The molecule has 2 aromatic carbocycles. The number of nitrogens with zero attached hydrogens (tertiary/aromatic N) is 1. The maximum Gasteiger partial charge on any atom is 0.138 e. The predicted molar refractivity (Wildman–Crippen MR) is 83.8 cm³/mol. The van der Waals surface area contributed by atoms with Gasteiger partial charge in [0.1, 0.15) is 5.65 Å². The van der Waals surface area contributed by atoms with Crippen LogP contribution in [-0.4, -0.2) is 9.97 Å². The molecular formula is C18H14N2. The van der Waals surface area contributed by atoms with E-state index in [4.69, 9.17) is 0 Å². The Bertz CT molecular complexity index is 905. The number of benzene rings is 2. The van der Waals surface area contributed by atoms with E-state index in [0.29, 0.717) is 0 Å². The van der Waals surface area contributed by atoms with Crippen molar-refractivity contribution >= 4 is 21.9 Å². The van der Waals surface area contributed by atoms with E-state index in [1.165, 1.54) is 27.5 Å². The van der Waals surface area contributed by atoms with Crippen molar-refractivity contribution in [2.75, 3.05) is 0 Å². The molecule has 0 atom stereocenters. The fourth-order valence-corrected chi connectivity index (χ4v) is 2.69. The molecule has 0 aliphatic rings. The van der Waals surface area contributed by atoms with Crippen LogP contribution in [0, 0.1) is 6.92 Å². The summed E-state index contributed by atoms with van der Waals surface area (Å²) in [6.07, 6.45) is 1.90. The second kappa shape index (κ2) is 4.20. The molecule has 0 fully saturated rings. The van der Waals surface area contributed by atoms with Crippen molar-refractivity contribution in [1.29, 1.82) is 0 Å². The Labute approximate surface area is 117 Å². The van der Waals surface area contributed by atoms with E-state index >= 15 is 0 Å². The summed E-state index contributed by atoms with van der Waals surface area (Å²) in [6.45, 7) is 2.07. The van der Waals surface area contributed by atoms with Crippen LogP contribution in [0.2, 0.25) is 0 Å². The summed E-state index contributed by atoms with van der Waals surface area (Å²) in [4.78, 5) is 7.87. The van der Waals surface area contributed by atoms with E-state index in [0.717, 1.165) is 11.2 Å². The van der Waals surface area contributed by atoms with Gasteiger partial charge in [-0.05, 0) is 35.7 Å². The molecule has 20 heavy (non-hydrogen) atoms. The lowest BCUT2D eigenvalue weighted by atomic mass is 10.0. The molecule has 2 nitrogen and oxygen atoms in total. The van der Waals surface area contributed by atoms with Crippen LogP contribution in [0.15, 0.2) is 60.8 Å². The van der Waals surface area contributed by atoms with Gasteiger partial charge in [0.2, 0.25) is 0 Å². The Morgan fingerprint density at radius 1 is 0.850 bits per heavy atom. The molecule has 0 saturated heterocycles. The lowest BCUT2D eigenvalue weighted by Crippen LogP contribution is -1.77. The van der Waals surface area contributed by atoms with Gasteiger partial charge in [-0.15, -0.1) is 0 Å². The largest absolute Gasteiger partial charge is 0.339 e. The van der Waals surface area contributed by atoms with E-state index in [2.05, 4.69) is 65.4 Å². The molecule has 0 aliphatic heterocycles. The predicted octanol–water partition coefficient (Wildman–Crippen LogP) is 4.69. The first-order valence-corrected chi connectivity index (χ1v) is 6.75. The summed E-state index contributed by atoms with van der Waals surface area (Å²) in [5.41, 5.74) is 5.74. The summed E-state index contributed by atoms with van der Waals surface area (Å²) >= 11 is 0. The third-order valence-electron chi connectivity index (χ3n) is 3.69. The second-order valence-electron chi connectivity index (χ2n) is 5.16. The SMILES string of the molecule is Cc1cnc2[nH]c3cc(-c4ccccc4)ccc3c2c1. The van der Waals surface area contributed by atoms with Crippen LogP contribution in [0.1, 0.15) is 5.56 Å². The number of aryl methyl sites for hydroxylation is 1. The fourth-order valence-electron chi connectivity index (χ4n) is 2.69. The summed E-state index contributed by atoms with van der Waals surface area (Å²) in [5, 5.41) is 2.43. The number of rotatable bonds is 1. The van der Waals surface area contributed by atoms with Gasteiger partial charge in [-0.25, -0.2) is 4.98 Å². The van der Waals surface area contributed by atoms with Gasteiger partial charge in [-0.2, -0.15) is 0 Å². The fraction of sp³-hybridized carbons (Fsp3) is 0.0556. The lowest BCUT2D eigenvalue weighted by molar-refractivity contribution is 1.30.